The summed E-state index contributed by atoms with van der Waals surface area (Å²) in [7, 11) is 0. The maximum atomic E-state index is 13.4. The number of piperazine rings is 1. The largest absolute Gasteiger partial charge is 0.444 e. The van der Waals surface area contributed by atoms with Crippen molar-refractivity contribution in [3.8, 4) is 0 Å². The molecule has 1 aromatic carbocycles. The molecule has 2 aromatic rings. The standard InChI is InChI=1S/C25H33ClN4O4S/c1-14-7-17-19-20(18(14)26)35-13-25(11-33-12-25)10-29(19)22(31)27-21(17)28-8-15(2)30(16(3)9-28)23(32)34-24(4,5)6/h7,15-16H,8-13H2,1-6H3/t15-,16+. The highest BCUT2D eigenvalue weighted by Gasteiger charge is 2.43. The summed E-state index contributed by atoms with van der Waals surface area (Å²) in [4.78, 5) is 35.8. The zero-order chi connectivity index (χ0) is 25.3. The average molecular weight is 521 g/mol. The number of halogens is 1. The summed E-state index contributed by atoms with van der Waals surface area (Å²) in [5.74, 6) is 1.51. The van der Waals surface area contributed by atoms with Crippen molar-refractivity contribution in [2.75, 3.05) is 37.0 Å². The van der Waals surface area contributed by atoms with E-state index in [2.05, 4.69) is 9.88 Å². The van der Waals surface area contributed by atoms with Gasteiger partial charge in [0.15, 0.2) is 0 Å². The minimum atomic E-state index is -0.560. The SMILES string of the molecule is Cc1cc2c(N3C[C@@H](C)N(C(=O)OC(C)(C)C)[C@@H](C)C3)nc(=O)n3c2c(c1Cl)SCC1(COC1)C3. The monoisotopic (exact) mass is 520 g/mol. The molecule has 5 rings (SSSR count). The molecule has 8 nitrogen and oxygen atoms in total. The molecule has 35 heavy (non-hydrogen) atoms. The van der Waals surface area contributed by atoms with Gasteiger partial charge < -0.3 is 14.4 Å². The molecule has 1 aromatic heterocycles. The number of carbonyl (C=O) groups excluding carboxylic acids is 1. The Labute approximate surface area is 214 Å². The van der Waals surface area contributed by atoms with Gasteiger partial charge in [-0.1, -0.05) is 11.6 Å². The fraction of sp³-hybridized carbons (Fsp3) is 0.640. The number of aromatic nitrogens is 2. The van der Waals surface area contributed by atoms with E-state index in [9.17, 15) is 9.59 Å². The van der Waals surface area contributed by atoms with Gasteiger partial charge in [0.05, 0.1) is 40.7 Å². The van der Waals surface area contributed by atoms with Crippen molar-refractivity contribution < 1.29 is 14.3 Å². The third-order valence-electron chi connectivity index (χ3n) is 6.98. The second kappa shape index (κ2) is 8.56. The summed E-state index contributed by atoms with van der Waals surface area (Å²) in [5, 5.41) is 1.62. The summed E-state index contributed by atoms with van der Waals surface area (Å²) in [5.41, 5.74) is 0.930. The van der Waals surface area contributed by atoms with Crippen LogP contribution in [0.25, 0.3) is 10.9 Å². The van der Waals surface area contributed by atoms with Gasteiger partial charge in [-0.15, -0.1) is 11.8 Å². The van der Waals surface area contributed by atoms with Crippen LogP contribution in [0.2, 0.25) is 5.02 Å². The highest BCUT2D eigenvalue weighted by molar-refractivity contribution is 7.99. The lowest BCUT2D eigenvalue weighted by Gasteiger charge is -2.45. The number of anilines is 1. The smallest absolute Gasteiger partial charge is 0.410 e. The Morgan fingerprint density at radius 1 is 1.26 bits per heavy atom. The highest BCUT2D eigenvalue weighted by Crippen LogP contribution is 2.46. The molecule has 2 atom stereocenters. The van der Waals surface area contributed by atoms with Crippen LogP contribution in [0.15, 0.2) is 15.8 Å². The first kappa shape index (κ1) is 24.7. The number of rotatable bonds is 1. The fourth-order valence-electron chi connectivity index (χ4n) is 5.36. The summed E-state index contributed by atoms with van der Waals surface area (Å²) >= 11 is 8.50. The van der Waals surface area contributed by atoms with Gasteiger partial charge in [0.1, 0.15) is 11.4 Å². The fourth-order valence-corrected chi connectivity index (χ4v) is 7.02. The number of amides is 1. The van der Waals surface area contributed by atoms with Crippen LogP contribution in [-0.4, -0.2) is 70.3 Å². The molecule has 190 valence electrons. The first-order chi connectivity index (χ1) is 16.4. The molecule has 4 heterocycles. The van der Waals surface area contributed by atoms with Crippen molar-refractivity contribution in [1.82, 2.24) is 14.5 Å². The minimum absolute atomic E-state index is 0.0665. The number of ether oxygens (including phenoxy) is 2. The van der Waals surface area contributed by atoms with Crippen LogP contribution in [0.5, 0.6) is 0 Å². The van der Waals surface area contributed by atoms with E-state index in [1.54, 1.807) is 21.2 Å². The molecule has 0 bridgehead atoms. The van der Waals surface area contributed by atoms with Crippen molar-refractivity contribution in [3.63, 3.8) is 0 Å². The summed E-state index contributed by atoms with van der Waals surface area (Å²) in [6, 6.07) is 1.83. The van der Waals surface area contributed by atoms with E-state index in [-0.39, 0.29) is 29.3 Å². The van der Waals surface area contributed by atoms with E-state index in [4.69, 9.17) is 21.1 Å². The van der Waals surface area contributed by atoms with Crippen LogP contribution in [0, 0.1) is 12.3 Å². The van der Waals surface area contributed by atoms with E-state index in [1.807, 2.05) is 47.6 Å². The second-order valence-corrected chi connectivity index (χ2v) is 12.7. The Kier molecular flexibility index (Phi) is 6.04. The van der Waals surface area contributed by atoms with Gasteiger partial charge in [0.2, 0.25) is 0 Å². The minimum Gasteiger partial charge on any atom is -0.444 e. The molecule has 0 aliphatic carbocycles. The van der Waals surface area contributed by atoms with Gasteiger partial charge in [-0.05, 0) is 53.2 Å². The Bertz CT molecular complexity index is 1240. The molecule has 3 aliphatic rings. The molecule has 2 fully saturated rings. The van der Waals surface area contributed by atoms with Crippen LogP contribution in [0.4, 0.5) is 10.6 Å². The predicted octanol–water partition coefficient (Wildman–Crippen LogP) is 4.31. The Balaban J connectivity index is 1.56. The number of hydrogen-bond donors (Lipinski definition) is 0. The lowest BCUT2D eigenvalue weighted by Crippen LogP contribution is -2.60. The van der Waals surface area contributed by atoms with E-state index in [1.165, 1.54) is 0 Å². The lowest BCUT2D eigenvalue weighted by molar-refractivity contribution is -0.106. The van der Waals surface area contributed by atoms with Crippen LogP contribution in [0.3, 0.4) is 0 Å². The number of carbonyl (C=O) groups is 1. The number of nitrogens with zero attached hydrogens (tertiary/aromatic N) is 4. The zero-order valence-corrected chi connectivity index (χ0v) is 22.8. The van der Waals surface area contributed by atoms with Gasteiger partial charge in [-0.2, -0.15) is 4.98 Å². The first-order valence-corrected chi connectivity index (χ1v) is 13.5. The molecular weight excluding hydrogens is 488 g/mol. The molecule has 0 N–H and O–H groups in total. The van der Waals surface area contributed by atoms with E-state index >= 15 is 0 Å². The third-order valence-corrected chi connectivity index (χ3v) is 9.02. The maximum absolute atomic E-state index is 13.4. The van der Waals surface area contributed by atoms with Crippen molar-refractivity contribution in [2.45, 2.75) is 70.7 Å². The Morgan fingerprint density at radius 3 is 2.49 bits per heavy atom. The molecule has 10 heteroatoms. The molecule has 1 spiro atoms. The van der Waals surface area contributed by atoms with Gasteiger partial charge in [-0.25, -0.2) is 9.59 Å². The molecule has 0 radical (unpaired) electrons. The van der Waals surface area contributed by atoms with Gasteiger partial charge in [-0.3, -0.25) is 9.47 Å². The lowest BCUT2D eigenvalue weighted by atomic mass is 9.88. The van der Waals surface area contributed by atoms with Crippen LogP contribution in [0.1, 0.15) is 40.2 Å². The molecule has 0 unspecified atom stereocenters. The van der Waals surface area contributed by atoms with E-state index < -0.39 is 5.60 Å². The molecule has 2 saturated heterocycles. The maximum Gasteiger partial charge on any atom is 0.410 e. The third kappa shape index (κ3) is 4.29. The molecular formula is C25H33ClN4O4S. The quantitative estimate of drug-likeness (QED) is 0.554. The first-order valence-electron chi connectivity index (χ1n) is 12.1. The Morgan fingerprint density at radius 2 is 1.91 bits per heavy atom. The van der Waals surface area contributed by atoms with Crippen molar-refractivity contribution in [3.05, 3.63) is 27.1 Å². The van der Waals surface area contributed by atoms with E-state index in [0.717, 1.165) is 27.1 Å². The number of hydrogen-bond acceptors (Lipinski definition) is 7. The summed E-state index contributed by atoms with van der Waals surface area (Å²) in [6.07, 6.45) is -0.314. The normalized spacial score (nSPS) is 23.9. The molecule has 3 aliphatic heterocycles. The summed E-state index contributed by atoms with van der Waals surface area (Å²) < 4.78 is 13.0. The van der Waals surface area contributed by atoms with Crippen molar-refractivity contribution in [2.24, 2.45) is 5.41 Å². The number of aryl methyl sites for hydroxylation is 1. The average Bonchev–Trinajstić information content (AvgIpc) is 2.91. The predicted molar refractivity (Wildman–Crippen MR) is 139 cm³/mol. The van der Waals surface area contributed by atoms with Gasteiger partial charge in [0.25, 0.3) is 0 Å². The topological polar surface area (TPSA) is 76.9 Å². The van der Waals surface area contributed by atoms with Crippen molar-refractivity contribution >= 4 is 46.2 Å². The van der Waals surface area contributed by atoms with Gasteiger partial charge in [0, 0.05) is 36.2 Å². The number of thioether (sulfide) groups is 1. The van der Waals surface area contributed by atoms with Gasteiger partial charge >= 0.3 is 11.8 Å². The summed E-state index contributed by atoms with van der Waals surface area (Å²) in [6.45, 7) is 14.6. The van der Waals surface area contributed by atoms with Crippen LogP contribution in [-0.2, 0) is 16.0 Å². The Hall–Kier alpha value is -1.97. The van der Waals surface area contributed by atoms with Crippen molar-refractivity contribution in [1.29, 1.82) is 0 Å². The second-order valence-electron chi connectivity index (χ2n) is 11.3. The zero-order valence-electron chi connectivity index (χ0n) is 21.2. The van der Waals surface area contributed by atoms with E-state index in [0.29, 0.717) is 43.7 Å². The molecule has 1 amide bonds. The van der Waals surface area contributed by atoms with Crippen LogP contribution < -0.4 is 10.6 Å². The highest BCUT2D eigenvalue weighted by atomic mass is 35.5. The number of benzene rings is 1. The molecule has 0 saturated carbocycles. The van der Waals surface area contributed by atoms with Crippen LogP contribution >= 0.6 is 23.4 Å².